The van der Waals surface area contributed by atoms with Crippen molar-refractivity contribution in [2.75, 3.05) is 6.54 Å². The first-order valence-electron chi connectivity index (χ1n) is 7.31. The molecule has 0 aromatic rings. The van der Waals surface area contributed by atoms with Crippen LogP contribution in [0.4, 0.5) is 4.79 Å². The van der Waals surface area contributed by atoms with E-state index < -0.39 is 5.60 Å². The highest BCUT2D eigenvalue weighted by Gasteiger charge is 2.30. The molecule has 19 heavy (non-hydrogen) atoms. The SMILES string of the molecule is CC(C)(C)OC(=O)N1CCC(C=C2CCCCC2)O1. The molecule has 4 nitrogen and oxygen atoms in total. The van der Waals surface area contributed by atoms with E-state index in [1.54, 1.807) is 0 Å². The lowest BCUT2D eigenvalue weighted by atomic mass is 9.93. The Kier molecular flexibility index (Phi) is 4.50. The Hall–Kier alpha value is -1.03. The normalized spacial score (nSPS) is 24.5. The summed E-state index contributed by atoms with van der Waals surface area (Å²) >= 11 is 0. The predicted octanol–water partition coefficient (Wildman–Crippen LogP) is 3.82. The molecule has 0 N–H and O–H groups in total. The third-order valence-corrected chi connectivity index (χ3v) is 3.39. The zero-order valence-electron chi connectivity index (χ0n) is 12.3. The average molecular weight is 267 g/mol. The van der Waals surface area contributed by atoms with E-state index in [-0.39, 0.29) is 12.2 Å². The first-order chi connectivity index (χ1) is 8.94. The van der Waals surface area contributed by atoms with E-state index in [2.05, 4.69) is 6.08 Å². The summed E-state index contributed by atoms with van der Waals surface area (Å²) in [6.45, 7) is 6.21. The van der Waals surface area contributed by atoms with Gasteiger partial charge in [0, 0.05) is 6.42 Å². The van der Waals surface area contributed by atoms with Gasteiger partial charge in [-0.3, -0.25) is 4.84 Å². The average Bonchev–Trinajstić information content (AvgIpc) is 2.77. The van der Waals surface area contributed by atoms with Gasteiger partial charge in [-0.2, -0.15) is 5.06 Å². The maximum Gasteiger partial charge on any atom is 0.434 e. The number of ether oxygens (including phenoxy) is 1. The van der Waals surface area contributed by atoms with Crippen molar-refractivity contribution in [2.24, 2.45) is 0 Å². The molecule has 4 heteroatoms. The second kappa shape index (κ2) is 5.95. The molecule has 1 aliphatic heterocycles. The van der Waals surface area contributed by atoms with Gasteiger partial charge in [-0.15, -0.1) is 0 Å². The molecule has 2 rings (SSSR count). The summed E-state index contributed by atoms with van der Waals surface area (Å²) in [5.41, 5.74) is 1.02. The molecule has 1 saturated heterocycles. The minimum Gasteiger partial charge on any atom is -0.442 e. The standard InChI is InChI=1S/C15H25NO3/c1-15(2,3)18-14(17)16-10-9-13(19-16)11-12-7-5-4-6-8-12/h11,13H,4-10H2,1-3H3. The maximum absolute atomic E-state index is 11.9. The van der Waals surface area contributed by atoms with Gasteiger partial charge in [-0.05, 0) is 46.5 Å². The number of rotatable bonds is 1. The van der Waals surface area contributed by atoms with Crippen LogP contribution in [0.15, 0.2) is 11.6 Å². The van der Waals surface area contributed by atoms with Gasteiger partial charge < -0.3 is 4.74 Å². The molecule has 0 radical (unpaired) electrons. The molecule has 1 unspecified atom stereocenters. The van der Waals surface area contributed by atoms with E-state index >= 15 is 0 Å². The van der Waals surface area contributed by atoms with Crippen molar-refractivity contribution >= 4 is 6.09 Å². The van der Waals surface area contributed by atoms with Gasteiger partial charge in [0.05, 0.1) is 6.54 Å². The van der Waals surface area contributed by atoms with Crippen molar-refractivity contribution in [1.29, 1.82) is 0 Å². The fraction of sp³-hybridized carbons (Fsp3) is 0.800. The Morgan fingerprint density at radius 2 is 2.00 bits per heavy atom. The highest BCUT2D eigenvalue weighted by Crippen LogP contribution is 2.26. The fourth-order valence-corrected chi connectivity index (χ4v) is 2.51. The smallest absolute Gasteiger partial charge is 0.434 e. The van der Waals surface area contributed by atoms with Crippen LogP contribution in [-0.2, 0) is 9.57 Å². The van der Waals surface area contributed by atoms with Crippen LogP contribution in [0.3, 0.4) is 0 Å². The lowest BCUT2D eigenvalue weighted by Gasteiger charge is -2.23. The molecular formula is C15H25NO3. The van der Waals surface area contributed by atoms with Crippen LogP contribution >= 0.6 is 0 Å². The number of carbonyl (C=O) groups is 1. The van der Waals surface area contributed by atoms with Gasteiger partial charge in [0.15, 0.2) is 0 Å². The Morgan fingerprint density at radius 1 is 1.32 bits per heavy atom. The third-order valence-electron chi connectivity index (χ3n) is 3.39. The van der Waals surface area contributed by atoms with Crippen LogP contribution < -0.4 is 0 Å². The van der Waals surface area contributed by atoms with E-state index in [0.29, 0.717) is 6.54 Å². The highest BCUT2D eigenvalue weighted by atomic mass is 16.7. The quantitative estimate of drug-likeness (QED) is 0.678. The molecule has 2 fully saturated rings. The van der Waals surface area contributed by atoms with Crippen molar-refractivity contribution in [2.45, 2.75) is 71.0 Å². The summed E-state index contributed by atoms with van der Waals surface area (Å²) in [4.78, 5) is 17.5. The van der Waals surface area contributed by atoms with Crippen LogP contribution in [0, 0.1) is 0 Å². The number of hydrogen-bond donors (Lipinski definition) is 0. The Morgan fingerprint density at radius 3 is 2.63 bits per heavy atom. The molecule has 1 atom stereocenters. The first-order valence-corrected chi connectivity index (χ1v) is 7.31. The number of amides is 1. The van der Waals surface area contributed by atoms with Crippen LogP contribution in [0.1, 0.15) is 59.3 Å². The van der Waals surface area contributed by atoms with Crippen LogP contribution in [0.2, 0.25) is 0 Å². The number of hydroxylamine groups is 2. The molecule has 108 valence electrons. The molecule has 1 heterocycles. The van der Waals surface area contributed by atoms with Gasteiger partial charge in [-0.25, -0.2) is 4.79 Å². The maximum atomic E-state index is 11.9. The second-order valence-electron chi connectivity index (χ2n) is 6.40. The third kappa shape index (κ3) is 4.53. The molecular weight excluding hydrogens is 242 g/mol. The van der Waals surface area contributed by atoms with Gasteiger partial charge in [0.2, 0.25) is 0 Å². The second-order valence-corrected chi connectivity index (χ2v) is 6.40. The van der Waals surface area contributed by atoms with Crippen molar-refractivity contribution < 1.29 is 14.4 Å². The fourth-order valence-electron chi connectivity index (χ4n) is 2.51. The van der Waals surface area contributed by atoms with Crippen molar-refractivity contribution in [3.05, 3.63) is 11.6 Å². The van der Waals surface area contributed by atoms with Crippen molar-refractivity contribution in [3.63, 3.8) is 0 Å². The van der Waals surface area contributed by atoms with Crippen LogP contribution in [-0.4, -0.2) is 29.4 Å². The lowest BCUT2D eigenvalue weighted by molar-refractivity contribution is -0.125. The molecule has 0 aromatic heterocycles. The lowest BCUT2D eigenvalue weighted by Crippen LogP contribution is -2.34. The van der Waals surface area contributed by atoms with Gasteiger partial charge in [0.25, 0.3) is 0 Å². The van der Waals surface area contributed by atoms with Crippen LogP contribution in [0.25, 0.3) is 0 Å². The Bertz CT molecular complexity index is 349. The molecule has 2 aliphatic rings. The largest absolute Gasteiger partial charge is 0.442 e. The van der Waals surface area contributed by atoms with E-state index in [4.69, 9.17) is 9.57 Å². The van der Waals surface area contributed by atoms with Gasteiger partial charge in [0.1, 0.15) is 11.7 Å². The van der Waals surface area contributed by atoms with E-state index in [1.807, 2.05) is 20.8 Å². The number of hydrogen-bond acceptors (Lipinski definition) is 3. The van der Waals surface area contributed by atoms with Crippen molar-refractivity contribution in [3.8, 4) is 0 Å². The molecule has 1 amide bonds. The highest BCUT2D eigenvalue weighted by molar-refractivity contribution is 5.67. The summed E-state index contributed by atoms with van der Waals surface area (Å²) in [5.74, 6) is 0. The molecule has 0 bridgehead atoms. The first kappa shape index (κ1) is 14.4. The summed E-state index contributed by atoms with van der Waals surface area (Å²) in [6, 6.07) is 0. The summed E-state index contributed by atoms with van der Waals surface area (Å²) in [5, 5.41) is 1.36. The molecule has 0 spiro atoms. The van der Waals surface area contributed by atoms with E-state index in [1.165, 1.54) is 42.7 Å². The summed E-state index contributed by atoms with van der Waals surface area (Å²) in [6.07, 6.45) is 9.03. The zero-order chi connectivity index (χ0) is 13.9. The van der Waals surface area contributed by atoms with Crippen LogP contribution in [0.5, 0.6) is 0 Å². The molecule has 1 aliphatic carbocycles. The molecule has 1 saturated carbocycles. The van der Waals surface area contributed by atoms with Crippen molar-refractivity contribution in [1.82, 2.24) is 5.06 Å². The van der Waals surface area contributed by atoms with Gasteiger partial charge >= 0.3 is 6.09 Å². The zero-order valence-corrected chi connectivity index (χ0v) is 12.3. The minimum atomic E-state index is -0.472. The minimum absolute atomic E-state index is 0.0422. The predicted molar refractivity (Wildman–Crippen MR) is 73.6 cm³/mol. The number of nitrogens with zero attached hydrogens (tertiary/aromatic N) is 1. The Balaban J connectivity index is 1.84. The number of allylic oxidation sites excluding steroid dienone is 1. The van der Waals surface area contributed by atoms with Gasteiger partial charge in [-0.1, -0.05) is 18.1 Å². The summed E-state index contributed by atoms with van der Waals surface area (Å²) < 4.78 is 5.30. The summed E-state index contributed by atoms with van der Waals surface area (Å²) in [7, 11) is 0. The van der Waals surface area contributed by atoms with E-state index in [0.717, 1.165) is 6.42 Å². The molecule has 0 aromatic carbocycles. The van der Waals surface area contributed by atoms with E-state index in [9.17, 15) is 4.79 Å². The number of carbonyl (C=O) groups excluding carboxylic acids is 1. The Labute approximate surface area is 115 Å². The monoisotopic (exact) mass is 267 g/mol. The topological polar surface area (TPSA) is 38.8 Å².